The molecule has 0 aromatic heterocycles. The van der Waals surface area contributed by atoms with E-state index in [0.29, 0.717) is 21.2 Å². The Morgan fingerprint density at radius 1 is 0.818 bits per heavy atom. The molecule has 2 N–H and O–H groups in total. The van der Waals surface area contributed by atoms with Gasteiger partial charge in [0.1, 0.15) is 0 Å². The molecule has 0 aliphatic heterocycles. The summed E-state index contributed by atoms with van der Waals surface area (Å²) in [5.41, 5.74) is 5.94. The minimum absolute atomic E-state index is 0.546. The highest BCUT2D eigenvalue weighted by atomic mass is 35.5. The van der Waals surface area contributed by atoms with Gasteiger partial charge in [-0.25, -0.2) is 15.6 Å². The molecule has 2 amide bonds. The van der Waals surface area contributed by atoms with Gasteiger partial charge in [0.25, 0.3) is 0 Å². The van der Waals surface area contributed by atoms with Crippen molar-refractivity contribution in [1.29, 1.82) is 0 Å². The topological polar surface area (TPSA) is 65.8 Å². The molecule has 0 spiro atoms. The molecule has 112 valence electrons. The number of nitrogens with zero attached hydrogens (tertiary/aromatic N) is 2. The molecular weight excluding hydrogens is 323 g/mol. The molecule has 2 rings (SSSR count). The molecule has 0 aliphatic rings. The first-order valence-electron chi connectivity index (χ1n) is 6.28. The number of carbonyl (C=O) groups excluding carboxylic acids is 1. The van der Waals surface area contributed by atoms with Crippen molar-refractivity contribution in [3.05, 3.63) is 69.7 Å². The fourth-order valence-corrected chi connectivity index (χ4v) is 1.87. The first-order valence-corrected chi connectivity index (χ1v) is 7.03. The van der Waals surface area contributed by atoms with Crippen LogP contribution in [0.15, 0.2) is 58.7 Å². The number of urea groups is 1. The number of carbonyl (C=O) groups is 1. The standard InChI is InChI=1S/C15H12Cl2N4O/c16-13-7-3-1-5-11(13)9-18-20-15(22)21-19-10-12-6-2-4-8-14(12)17/h1-10H,(H2,20,21,22)/b18-9-,19-10+. The molecule has 0 bridgehead atoms. The predicted octanol–water partition coefficient (Wildman–Crippen LogP) is 3.66. The molecule has 0 atom stereocenters. The molecule has 0 aliphatic carbocycles. The number of benzene rings is 2. The maximum absolute atomic E-state index is 11.5. The van der Waals surface area contributed by atoms with Gasteiger partial charge >= 0.3 is 6.03 Å². The van der Waals surface area contributed by atoms with Gasteiger partial charge in [0, 0.05) is 21.2 Å². The number of amides is 2. The summed E-state index contributed by atoms with van der Waals surface area (Å²) in [6.07, 6.45) is 2.89. The maximum atomic E-state index is 11.5. The number of nitrogens with one attached hydrogen (secondary N) is 2. The van der Waals surface area contributed by atoms with Crippen molar-refractivity contribution >= 4 is 41.7 Å². The quantitative estimate of drug-likeness (QED) is 0.650. The van der Waals surface area contributed by atoms with E-state index in [9.17, 15) is 4.79 Å². The lowest BCUT2D eigenvalue weighted by atomic mass is 10.2. The third kappa shape index (κ3) is 4.87. The zero-order valence-corrected chi connectivity index (χ0v) is 12.8. The van der Waals surface area contributed by atoms with E-state index in [1.807, 2.05) is 24.3 Å². The minimum atomic E-state index is -0.577. The van der Waals surface area contributed by atoms with E-state index in [4.69, 9.17) is 23.2 Å². The van der Waals surface area contributed by atoms with Crippen LogP contribution in [0.1, 0.15) is 11.1 Å². The van der Waals surface area contributed by atoms with Gasteiger partial charge in [-0.05, 0) is 12.1 Å². The Balaban J connectivity index is 1.84. The Bertz CT molecular complexity index is 657. The summed E-state index contributed by atoms with van der Waals surface area (Å²) in [7, 11) is 0. The highest BCUT2D eigenvalue weighted by Gasteiger charge is 1.97. The zero-order chi connectivity index (χ0) is 15.8. The van der Waals surface area contributed by atoms with Crippen molar-refractivity contribution in [3.8, 4) is 0 Å². The second kappa shape index (κ2) is 8.17. The minimum Gasteiger partial charge on any atom is -0.245 e. The van der Waals surface area contributed by atoms with Crippen molar-refractivity contribution in [3.63, 3.8) is 0 Å². The second-order valence-corrected chi connectivity index (χ2v) is 4.93. The van der Waals surface area contributed by atoms with Gasteiger partial charge in [0.15, 0.2) is 0 Å². The van der Waals surface area contributed by atoms with E-state index in [-0.39, 0.29) is 0 Å². The van der Waals surface area contributed by atoms with Crippen LogP contribution < -0.4 is 10.9 Å². The first kappa shape index (κ1) is 16.0. The number of hydrazone groups is 2. The summed E-state index contributed by atoms with van der Waals surface area (Å²) >= 11 is 11.9. The lowest BCUT2D eigenvalue weighted by Crippen LogP contribution is -2.28. The van der Waals surface area contributed by atoms with Crippen molar-refractivity contribution in [1.82, 2.24) is 10.9 Å². The number of rotatable bonds is 4. The van der Waals surface area contributed by atoms with E-state index in [1.54, 1.807) is 24.3 Å². The molecule has 22 heavy (non-hydrogen) atoms. The Morgan fingerprint density at radius 3 is 1.64 bits per heavy atom. The van der Waals surface area contributed by atoms with Gasteiger partial charge in [-0.1, -0.05) is 59.6 Å². The van der Waals surface area contributed by atoms with Gasteiger partial charge < -0.3 is 0 Å². The summed E-state index contributed by atoms with van der Waals surface area (Å²) in [4.78, 5) is 11.5. The zero-order valence-electron chi connectivity index (χ0n) is 11.3. The second-order valence-electron chi connectivity index (χ2n) is 4.11. The Labute approximate surface area is 137 Å². The highest BCUT2D eigenvalue weighted by molar-refractivity contribution is 6.33. The Morgan fingerprint density at radius 2 is 1.23 bits per heavy atom. The monoisotopic (exact) mass is 334 g/mol. The Kier molecular flexibility index (Phi) is 5.94. The summed E-state index contributed by atoms with van der Waals surface area (Å²) < 4.78 is 0. The van der Waals surface area contributed by atoms with Crippen LogP contribution in [0.4, 0.5) is 4.79 Å². The summed E-state index contributed by atoms with van der Waals surface area (Å²) in [6, 6.07) is 13.7. The van der Waals surface area contributed by atoms with E-state index in [1.165, 1.54) is 12.4 Å². The predicted molar refractivity (Wildman–Crippen MR) is 89.8 cm³/mol. The van der Waals surface area contributed by atoms with Crippen LogP contribution in [0.2, 0.25) is 10.0 Å². The van der Waals surface area contributed by atoms with Crippen molar-refractivity contribution in [2.75, 3.05) is 0 Å². The van der Waals surface area contributed by atoms with Gasteiger partial charge in [-0.3, -0.25) is 0 Å². The van der Waals surface area contributed by atoms with Crippen LogP contribution in [0, 0.1) is 0 Å². The summed E-state index contributed by atoms with van der Waals surface area (Å²) in [5.74, 6) is 0. The molecule has 7 heteroatoms. The van der Waals surface area contributed by atoms with Gasteiger partial charge in [0.2, 0.25) is 0 Å². The molecule has 0 radical (unpaired) electrons. The summed E-state index contributed by atoms with van der Waals surface area (Å²) in [5, 5.41) is 8.64. The van der Waals surface area contributed by atoms with Crippen LogP contribution in [0.5, 0.6) is 0 Å². The molecular formula is C15H12Cl2N4O. The lowest BCUT2D eigenvalue weighted by molar-refractivity contribution is 0.242. The molecule has 0 heterocycles. The van der Waals surface area contributed by atoms with Gasteiger partial charge in [0.05, 0.1) is 12.4 Å². The van der Waals surface area contributed by atoms with Gasteiger partial charge in [-0.15, -0.1) is 0 Å². The fourth-order valence-electron chi connectivity index (χ4n) is 1.51. The Hall–Kier alpha value is -2.37. The SMILES string of the molecule is O=C(N/N=C\c1ccccc1Cl)N/N=C/c1ccccc1Cl. The van der Waals surface area contributed by atoms with E-state index >= 15 is 0 Å². The molecule has 0 saturated carbocycles. The molecule has 0 unspecified atom stereocenters. The van der Waals surface area contributed by atoms with E-state index in [0.717, 1.165) is 0 Å². The summed E-state index contributed by atoms with van der Waals surface area (Å²) in [6.45, 7) is 0. The van der Waals surface area contributed by atoms with Crippen LogP contribution in [-0.4, -0.2) is 18.5 Å². The lowest BCUT2D eigenvalue weighted by Gasteiger charge is -1.99. The highest BCUT2D eigenvalue weighted by Crippen LogP contribution is 2.12. The normalized spacial score (nSPS) is 11.0. The average Bonchev–Trinajstić information content (AvgIpc) is 2.51. The van der Waals surface area contributed by atoms with Crippen molar-refractivity contribution < 1.29 is 4.79 Å². The van der Waals surface area contributed by atoms with Crippen molar-refractivity contribution in [2.24, 2.45) is 10.2 Å². The average molecular weight is 335 g/mol. The third-order valence-corrected chi connectivity index (χ3v) is 3.24. The van der Waals surface area contributed by atoms with Crippen LogP contribution >= 0.6 is 23.2 Å². The smallest absolute Gasteiger partial charge is 0.245 e. The number of hydrogen-bond acceptors (Lipinski definition) is 3. The van der Waals surface area contributed by atoms with E-state index < -0.39 is 6.03 Å². The van der Waals surface area contributed by atoms with Crippen molar-refractivity contribution in [2.45, 2.75) is 0 Å². The third-order valence-electron chi connectivity index (χ3n) is 2.55. The maximum Gasteiger partial charge on any atom is 0.355 e. The molecule has 0 fully saturated rings. The molecule has 2 aromatic rings. The van der Waals surface area contributed by atoms with Crippen LogP contribution in [0.3, 0.4) is 0 Å². The fraction of sp³-hybridized carbons (Fsp3) is 0. The number of hydrogen-bond donors (Lipinski definition) is 2. The van der Waals surface area contributed by atoms with E-state index in [2.05, 4.69) is 21.1 Å². The van der Waals surface area contributed by atoms with Gasteiger partial charge in [-0.2, -0.15) is 10.2 Å². The molecule has 0 saturated heterocycles. The largest absolute Gasteiger partial charge is 0.355 e. The molecule has 5 nitrogen and oxygen atoms in total. The molecule has 2 aromatic carbocycles. The van der Waals surface area contributed by atoms with Crippen LogP contribution in [0.25, 0.3) is 0 Å². The van der Waals surface area contributed by atoms with Crippen LogP contribution in [-0.2, 0) is 0 Å². The number of halogens is 2. The first-order chi connectivity index (χ1) is 10.7.